The minimum Gasteiger partial charge on any atom is -0.456 e. The van der Waals surface area contributed by atoms with Gasteiger partial charge in [0.2, 0.25) is 0 Å². The van der Waals surface area contributed by atoms with E-state index in [4.69, 9.17) is 19.4 Å². The molecule has 0 unspecified atom stereocenters. The Morgan fingerprint density at radius 1 is 0.380 bits per heavy atom. The van der Waals surface area contributed by atoms with Crippen LogP contribution in [0.2, 0.25) is 0 Å². The first-order valence-corrected chi connectivity index (χ1v) is 16.7. The molecule has 0 bridgehead atoms. The fourth-order valence-corrected chi connectivity index (χ4v) is 7.20. The van der Waals surface area contributed by atoms with Crippen LogP contribution in [0.15, 0.2) is 174 Å². The Labute approximate surface area is 287 Å². The second-order valence-electron chi connectivity index (χ2n) is 12.4. The summed E-state index contributed by atoms with van der Waals surface area (Å²) in [6.07, 6.45) is 0. The fourth-order valence-electron chi connectivity index (χ4n) is 7.20. The maximum absolute atomic E-state index is 6.48. The molecule has 0 N–H and O–H groups in total. The summed E-state index contributed by atoms with van der Waals surface area (Å²) in [7, 11) is 0. The predicted octanol–water partition coefficient (Wildman–Crippen LogP) is 11.5. The van der Waals surface area contributed by atoms with Gasteiger partial charge in [-0.25, -0.2) is 15.0 Å². The lowest BCUT2D eigenvalue weighted by Crippen LogP contribution is -2.03. The Morgan fingerprint density at radius 3 is 1.70 bits per heavy atom. The topological polar surface area (TPSA) is 56.7 Å². The summed E-state index contributed by atoms with van der Waals surface area (Å²) in [6, 6.07) is 58.5. The van der Waals surface area contributed by atoms with Crippen molar-refractivity contribution in [1.82, 2.24) is 19.5 Å². The summed E-state index contributed by atoms with van der Waals surface area (Å²) in [4.78, 5) is 15.3. The number of benzene rings is 7. The molecule has 0 amide bonds. The van der Waals surface area contributed by atoms with E-state index in [-0.39, 0.29) is 0 Å². The lowest BCUT2D eigenvalue weighted by Gasteiger charge is -2.14. The molecule has 50 heavy (non-hydrogen) atoms. The van der Waals surface area contributed by atoms with Gasteiger partial charge >= 0.3 is 0 Å². The van der Waals surface area contributed by atoms with Gasteiger partial charge in [0.05, 0.1) is 16.7 Å². The highest BCUT2D eigenvalue weighted by Gasteiger charge is 2.20. The van der Waals surface area contributed by atoms with Gasteiger partial charge in [-0.15, -0.1) is 0 Å². The minimum absolute atomic E-state index is 0.580. The van der Waals surface area contributed by atoms with Gasteiger partial charge in [-0.2, -0.15) is 0 Å². The fraction of sp³-hybridized carbons (Fsp3) is 0. The third-order valence-electron chi connectivity index (χ3n) is 9.47. The Morgan fingerprint density at radius 2 is 0.960 bits per heavy atom. The van der Waals surface area contributed by atoms with E-state index in [0.29, 0.717) is 17.5 Å². The average molecular weight is 641 g/mol. The standard InChI is InChI=1S/C45H28N4O/c1-3-14-29(15-4-1)32-21-13-25-40-42(32)36-27-26-31(28-41(36)50-40)44-46-43(30-16-5-2-6-17-30)47-45(48-44)35-20-9-12-24-39(35)49-37-22-10-7-18-33(37)34-19-8-11-23-38(34)49/h1-28H. The van der Waals surface area contributed by atoms with Crippen LogP contribution in [0.1, 0.15) is 0 Å². The highest BCUT2D eigenvalue weighted by Crippen LogP contribution is 2.39. The molecule has 0 radical (unpaired) electrons. The van der Waals surface area contributed by atoms with Gasteiger partial charge in [-0.3, -0.25) is 0 Å². The van der Waals surface area contributed by atoms with E-state index in [1.54, 1.807) is 0 Å². The molecule has 0 aliphatic rings. The molecule has 0 spiro atoms. The number of hydrogen-bond acceptors (Lipinski definition) is 4. The summed E-state index contributed by atoms with van der Waals surface area (Å²) in [5.41, 5.74) is 9.88. The number of hydrogen-bond donors (Lipinski definition) is 0. The van der Waals surface area contributed by atoms with E-state index >= 15 is 0 Å². The molecule has 3 aromatic heterocycles. The zero-order valence-electron chi connectivity index (χ0n) is 26.9. The van der Waals surface area contributed by atoms with Crippen molar-refractivity contribution in [2.75, 3.05) is 0 Å². The number of nitrogens with zero attached hydrogens (tertiary/aromatic N) is 4. The van der Waals surface area contributed by atoms with Crippen molar-refractivity contribution in [2.45, 2.75) is 0 Å². The Bertz CT molecular complexity index is 2820. The maximum atomic E-state index is 6.48. The van der Waals surface area contributed by atoms with Crippen LogP contribution in [0.3, 0.4) is 0 Å². The first-order valence-electron chi connectivity index (χ1n) is 16.7. The number of fused-ring (bicyclic) bond motifs is 6. The molecule has 10 aromatic rings. The van der Waals surface area contributed by atoms with Crippen molar-refractivity contribution in [3.05, 3.63) is 170 Å². The monoisotopic (exact) mass is 640 g/mol. The van der Waals surface area contributed by atoms with Crippen LogP contribution < -0.4 is 0 Å². The summed E-state index contributed by atoms with van der Waals surface area (Å²) >= 11 is 0. The summed E-state index contributed by atoms with van der Waals surface area (Å²) in [5, 5.41) is 4.56. The number of aromatic nitrogens is 4. The average Bonchev–Trinajstić information content (AvgIpc) is 3.74. The van der Waals surface area contributed by atoms with Gasteiger partial charge in [-0.1, -0.05) is 127 Å². The van der Waals surface area contributed by atoms with E-state index in [1.807, 2.05) is 54.6 Å². The maximum Gasteiger partial charge on any atom is 0.166 e. The molecule has 0 fully saturated rings. The van der Waals surface area contributed by atoms with E-state index in [9.17, 15) is 0 Å². The molecule has 0 saturated carbocycles. The van der Waals surface area contributed by atoms with Gasteiger partial charge in [0, 0.05) is 38.2 Å². The molecule has 5 nitrogen and oxygen atoms in total. The van der Waals surface area contributed by atoms with E-state index in [2.05, 4.69) is 120 Å². The van der Waals surface area contributed by atoms with Crippen molar-refractivity contribution in [3.63, 3.8) is 0 Å². The van der Waals surface area contributed by atoms with Gasteiger partial charge in [0.25, 0.3) is 0 Å². The molecule has 0 aliphatic carbocycles. The van der Waals surface area contributed by atoms with Crippen LogP contribution in [-0.4, -0.2) is 19.5 Å². The first-order chi connectivity index (χ1) is 24.8. The molecule has 5 heteroatoms. The van der Waals surface area contributed by atoms with Crippen molar-refractivity contribution >= 4 is 43.7 Å². The van der Waals surface area contributed by atoms with Gasteiger partial charge in [0.15, 0.2) is 17.5 Å². The number of rotatable bonds is 5. The van der Waals surface area contributed by atoms with Crippen LogP contribution in [0.5, 0.6) is 0 Å². The lowest BCUT2D eigenvalue weighted by molar-refractivity contribution is 0.669. The molecule has 3 heterocycles. The molecule has 0 saturated heterocycles. The van der Waals surface area contributed by atoms with Crippen LogP contribution in [0.25, 0.3) is 94.7 Å². The lowest BCUT2D eigenvalue weighted by atomic mass is 9.99. The number of para-hydroxylation sites is 3. The summed E-state index contributed by atoms with van der Waals surface area (Å²) in [6.45, 7) is 0. The van der Waals surface area contributed by atoms with Crippen LogP contribution in [0, 0.1) is 0 Å². The molecule has 0 aliphatic heterocycles. The molecular weight excluding hydrogens is 613 g/mol. The van der Waals surface area contributed by atoms with Crippen LogP contribution in [-0.2, 0) is 0 Å². The van der Waals surface area contributed by atoms with E-state index in [1.165, 1.54) is 10.8 Å². The highest BCUT2D eigenvalue weighted by atomic mass is 16.3. The zero-order chi connectivity index (χ0) is 33.0. The minimum atomic E-state index is 0.580. The van der Waals surface area contributed by atoms with Crippen LogP contribution >= 0.6 is 0 Å². The highest BCUT2D eigenvalue weighted by molar-refractivity contribution is 6.13. The summed E-state index contributed by atoms with van der Waals surface area (Å²) < 4.78 is 8.80. The van der Waals surface area contributed by atoms with Crippen molar-refractivity contribution in [2.24, 2.45) is 0 Å². The zero-order valence-corrected chi connectivity index (χ0v) is 26.9. The predicted molar refractivity (Wildman–Crippen MR) is 203 cm³/mol. The van der Waals surface area contributed by atoms with Crippen molar-refractivity contribution in [1.29, 1.82) is 0 Å². The number of furan rings is 1. The normalized spacial score (nSPS) is 11.6. The third-order valence-corrected chi connectivity index (χ3v) is 9.47. The Balaban J connectivity index is 1.19. The Hall–Kier alpha value is -6.85. The van der Waals surface area contributed by atoms with Crippen molar-refractivity contribution < 1.29 is 4.42 Å². The van der Waals surface area contributed by atoms with E-state index in [0.717, 1.165) is 66.5 Å². The third kappa shape index (κ3) is 4.52. The van der Waals surface area contributed by atoms with Gasteiger partial charge in [-0.05, 0) is 53.6 Å². The van der Waals surface area contributed by atoms with Crippen molar-refractivity contribution in [3.8, 4) is 51.0 Å². The first kappa shape index (κ1) is 28.2. The Kier molecular flexibility index (Phi) is 6.42. The van der Waals surface area contributed by atoms with Gasteiger partial charge in [0.1, 0.15) is 11.2 Å². The second-order valence-corrected chi connectivity index (χ2v) is 12.4. The molecule has 0 atom stereocenters. The second kappa shape index (κ2) is 11.4. The molecular formula is C45H28N4O. The molecule has 7 aromatic carbocycles. The smallest absolute Gasteiger partial charge is 0.166 e. The van der Waals surface area contributed by atoms with E-state index < -0.39 is 0 Å². The molecule has 10 rings (SSSR count). The molecule has 234 valence electrons. The van der Waals surface area contributed by atoms with Gasteiger partial charge < -0.3 is 8.98 Å². The largest absolute Gasteiger partial charge is 0.456 e. The van der Waals surface area contributed by atoms with Crippen LogP contribution in [0.4, 0.5) is 0 Å². The SMILES string of the molecule is c1ccc(-c2nc(-c3ccc4c(c3)oc3cccc(-c5ccccc5)c34)nc(-c3ccccc3-n3c4ccccc4c4ccccc43)n2)cc1. The quantitative estimate of drug-likeness (QED) is 0.188. The summed E-state index contributed by atoms with van der Waals surface area (Å²) in [5.74, 6) is 1.79.